The molecule has 4 unspecified atom stereocenters. The van der Waals surface area contributed by atoms with E-state index >= 15 is 0 Å². The second-order valence-corrected chi connectivity index (χ2v) is 6.62. The van der Waals surface area contributed by atoms with Gasteiger partial charge in [-0.05, 0) is 12.5 Å². The molecule has 4 N–H and O–H groups in total. The molecule has 1 saturated heterocycles. The van der Waals surface area contributed by atoms with Gasteiger partial charge in [-0.2, -0.15) is 0 Å². The van der Waals surface area contributed by atoms with Crippen molar-refractivity contribution in [3.63, 3.8) is 0 Å². The van der Waals surface area contributed by atoms with Crippen LogP contribution in [0.3, 0.4) is 0 Å². The van der Waals surface area contributed by atoms with Crippen molar-refractivity contribution in [3.05, 3.63) is 48.0 Å². The number of aliphatic hydroxyl groups excluding tert-OH is 3. The third kappa shape index (κ3) is 3.26. The Balaban J connectivity index is 1.60. The van der Waals surface area contributed by atoms with Gasteiger partial charge in [0.1, 0.15) is 24.6 Å². The van der Waals surface area contributed by atoms with Crippen molar-refractivity contribution in [2.24, 2.45) is 0 Å². The summed E-state index contributed by atoms with van der Waals surface area (Å²) in [7, 11) is 0. The van der Waals surface area contributed by atoms with E-state index in [4.69, 9.17) is 4.74 Å². The van der Waals surface area contributed by atoms with Gasteiger partial charge in [-0.15, -0.1) is 0 Å². The van der Waals surface area contributed by atoms with Gasteiger partial charge in [0.15, 0.2) is 23.2 Å². The molecule has 0 spiro atoms. The van der Waals surface area contributed by atoms with E-state index in [0.717, 1.165) is 5.56 Å². The Bertz CT molecular complexity index is 946. The van der Waals surface area contributed by atoms with E-state index in [-0.39, 0.29) is 6.61 Å². The minimum atomic E-state index is -1.20. The van der Waals surface area contributed by atoms with E-state index in [1.807, 2.05) is 25.1 Å². The van der Waals surface area contributed by atoms with Crippen LogP contribution in [-0.4, -0.2) is 59.8 Å². The van der Waals surface area contributed by atoms with Crippen molar-refractivity contribution in [1.29, 1.82) is 0 Å². The lowest BCUT2D eigenvalue weighted by atomic mass is 10.1. The van der Waals surface area contributed by atoms with Gasteiger partial charge in [0.05, 0.1) is 12.9 Å². The molecule has 1 fully saturated rings. The Morgan fingerprint density at radius 2 is 2.04 bits per heavy atom. The van der Waals surface area contributed by atoms with Crippen LogP contribution in [-0.2, 0) is 11.3 Å². The van der Waals surface area contributed by atoms with E-state index < -0.39 is 24.5 Å². The van der Waals surface area contributed by atoms with Crippen molar-refractivity contribution in [3.8, 4) is 0 Å². The molecule has 1 aromatic carbocycles. The normalized spacial score (nSPS) is 25.2. The second-order valence-electron chi connectivity index (χ2n) is 6.62. The van der Waals surface area contributed by atoms with Crippen LogP contribution in [0.4, 0.5) is 5.82 Å². The molecular weight excluding hydrogens is 350 g/mol. The molecule has 3 aromatic rings. The van der Waals surface area contributed by atoms with E-state index in [2.05, 4.69) is 26.3 Å². The maximum Gasteiger partial charge on any atom is 0.167 e. The highest BCUT2D eigenvalue weighted by Gasteiger charge is 2.44. The summed E-state index contributed by atoms with van der Waals surface area (Å²) >= 11 is 0. The maximum atomic E-state index is 10.2. The molecule has 4 atom stereocenters. The monoisotopic (exact) mass is 371 g/mol. The Morgan fingerprint density at radius 1 is 1.19 bits per heavy atom. The average molecular weight is 371 g/mol. The second kappa shape index (κ2) is 7.20. The molecule has 0 radical (unpaired) electrons. The van der Waals surface area contributed by atoms with Gasteiger partial charge in [-0.25, -0.2) is 15.0 Å². The van der Waals surface area contributed by atoms with Gasteiger partial charge >= 0.3 is 0 Å². The summed E-state index contributed by atoms with van der Waals surface area (Å²) in [4.78, 5) is 12.8. The third-order valence-corrected chi connectivity index (χ3v) is 4.69. The van der Waals surface area contributed by atoms with Crippen molar-refractivity contribution >= 4 is 17.0 Å². The molecule has 4 rings (SSSR count). The molecule has 1 aliphatic rings. The first-order valence-corrected chi connectivity index (χ1v) is 8.68. The number of hydrogen-bond acceptors (Lipinski definition) is 8. The van der Waals surface area contributed by atoms with Gasteiger partial charge in [0.2, 0.25) is 0 Å². The number of anilines is 1. The lowest BCUT2D eigenvalue weighted by Gasteiger charge is -2.16. The molecule has 3 heterocycles. The Labute approximate surface area is 155 Å². The zero-order valence-electron chi connectivity index (χ0n) is 14.7. The van der Waals surface area contributed by atoms with Crippen LogP contribution in [0, 0.1) is 6.92 Å². The molecule has 9 heteroatoms. The van der Waals surface area contributed by atoms with Crippen LogP contribution in [0.25, 0.3) is 11.2 Å². The van der Waals surface area contributed by atoms with Crippen molar-refractivity contribution in [2.45, 2.75) is 38.0 Å². The highest BCUT2D eigenvalue weighted by molar-refractivity contribution is 5.82. The van der Waals surface area contributed by atoms with Crippen molar-refractivity contribution in [1.82, 2.24) is 19.5 Å². The van der Waals surface area contributed by atoms with Gasteiger partial charge in [-0.3, -0.25) is 4.57 Å². The lowest BCUT2D eigenvalue weighted by molar-refractivity contribution is -0.0511. The van der Waals surface area contributed by atoms with Gasteiger partial charge in [-0.1, -0.05) is 29.8 Å². The largest absolute Gasteiger partial charge is 0.394 e. The molecule has 0 saturated carbocycles. The van der Waals surface area contributed by atoms with E-state index in [9.17, 15) is 15.3 Å². The number of hydrogen-bond donors (Lipinski definition) is 4. The average Bonchev–Trinajstić information content (AvgIpc) is 3.22. The number of aliphatic hydroxyl groups is 3. The van der Waals surface area contributed by atoms with Crippen LogP contribution in [0.15, 0.2) is 36.9 Å². The maximum absolute atomic E-state index is 10.2. The molecule has 0 aliphatic carbocycles. The van der Waals surface area contributed by atoms with Crippen LogP contribution in [0.1, 0.15) is 17.4 Å². The minimum absolute atomic E-state index is 0.389. The van der Waals surface area contributed by atoms with E-state index in [1.165, 1.54) is 18.2 Å². The first-order chi connectivity index (χ1) is 13.1. The van der Waals surface area contributed by atoms with Crippen molar-refractivity contribution < 1.29 is 20.1 Å². The predicted molar refractivity (Wildman–Crippen MR) is 96.8 cm³/mol. The smallest absolute Gasteiger partial charge is 0.167 e. The summed E-state index contributed by atoms with van der Waals surface area (Å²) in [5.74, 6) is 0.562. The summed E-state index contributed by atoms with van der Waals surface area (Å²) in [5.41, 5.74) is 3.29. The summed E-state index contributed by atoms with van der Waals surface area (Å²) < 4.78 is 7.10. The van der Waals surface area contributed by atoms with Gasteiger partial charge in [0, 0.05) is 6.54 Å². The number of imidazole rings is 1. The summed E-state index contributed by atoms with van der Waals surface area (Å²) in [6, 6.07) is 8.15. The summed E-state index contributed by atoms with van der Waals surface area (Å²) in [6.45, 7) is 2.23. The van der Waals surface area contributed by atoms with Gasteiger partial charge < -0.3 is 25.4 Å². The molecule has 0 amide bonds. The number of benzene rings is 1. The number of fused-ring (bicyclic) bond motifs is 1. The van der Waals surface area contributed by atoms with Crippen LogP contribution < -0.4 is 5.32 Å². The fraction of sp³-hybridized carbons (Fsp3) is 0.389. The van der Waals surface area contributed by atoms with Crippen molar-refractivity contribution in [2.75, 3.05) is 11.9 Å². The first kappa shape index (κ1) is 17.8. The topological polar surface area (TPSA) is 126 Å². The Morgan fingerprint density at radius 3 is 2.78 bits per heavy atom. The minimum Gasteiger partial charge on any atom is -0.394 e. The molecular formula is C18H21N5O4. The number of ether oxygens (including phenoxy) is 1. The highest BCUT2D eigenvalue weighted by atomic mass is 16.6. The first-order valence-electron chi connectivity index (χ1n) is 8.68. The fourth-order valence-electron chi connectivity index (χ4n) is 3.29. The molecule has 2 aromatic heterocycles. The summed E-state index contributed by atoms with van der Waals surface area (Å²) in [5, 5.41) is 32.7. The predicted octanol–water partition coefficient (Wildman–Crippen LogP) is 0.358. The summed E-state index contributed by atoms with van der Waals surface area (Å²) in [6.07, 6.45) is -1.24. The number of nitrogens with one attached hydrogen (secondary N) is 1. The van der Waals surface area contributed by atoms with E-state index in [0.29, 0.717) is 23.5 Å². The van der Waals surface area contributed by atoms with Crippen LogP contribution in [0.2, 0.25) is 0 Å². The standard InChI is InChI=1S/C18H21N5O4/c1-10-3-2-4-11(5-10)6-19-16-13-17(21-8-20-16)23(9-22-13)18-15(26)14(25)12(7-24)27-18/h2-5,8-9,12,14-15,18,24-26H,6-7H2,1H3,(H,19,20,21). The molecule has 27 heavy (non-hydrogen) atoms. The number of aromatic nitrogens is 4. The molecule has 1 aliphatic heterocycles. The Hall–Kier alpha value is -2.59. The SMILES string of the molecule is Cc1cccc(CNc2ncnc3c2ncn3C2OC(CO)C(O)C2O)c1. The Kier molecular flexibility index (Phi) is 4.75. The zero-order chi connectivity index (χ0) is 19.0. The molecule has 0 bridgehead atoms. The number of nitrogens with zero attached hydrogens (tertiary/aromatic N) is 4. The lowest BCUT2D eigenvalue weighted by Crippen LogP contribution is -2.33. The van der Waals surface area contributed by atoms with Crippen LogP contribution in [0.5, 0.6) is 0 Å². The highest BCUT2D eigenvalue weighted by Crippen LogP contribution is 2.32. The van der Waals surface area contributed by atoms with Crippen LogP contribution >= 0.6 is 0 Å². The zero-order valence-corrected chi connectivity index (χ0v) is 14.7. The number of aryl methyl sites for hydroxylation is 1. The molecule has 9 nitrogen and oxygen atoms in total. The fourth-order valence-corrected chi connectivity index (χ4v) is 3.29. The van der Waals surface area contributed by atoms with Gasteiger partial charge in [0.25, 0.3) is 0 Å². The molecule has 142 valence electrons. The number of rotatable bonds is 5. The quantitative estimate of drug-likeness (QED) is 0.507. The third-order valence-electron chi connectivity index (χ3n) is 4.69. The van der Waals surface area contributed by atoms with E-state index in [1.54, 1.807) is 4.57 Å².